The van der Waals surface area contributed by atoms with Gasteiger partial charge in [0.15, 0.2) is 0 Å². The van der Waals surface area contributed by atoms with Crippen LogP contribution >= 0.6 is 0 Å². The average molecular weight is 244 g/mol. The Morgan fingerprint density at radius 2 is 2.00 bits per heavy atom. The van der Waals surface area contributed by atoms with Crippen molar-refractivity contribution in [2.75, 3.05) is 11.9 Å². The van der Waals surface area contributed by atoms with Crippen LogP contribution in [0.2, 0.25) is 0 Å². The molecule has 0 radical (unpaired) electrons. The average Bonchev–Trinajstić information content (AvgIpc) is 3.17. The fraction of sp³-hybridized carbons (Fsp3) is 0.688. The molecular formula is C16H24N2. The van der Waals surface area contributed by atoms with E-state index in [1.165, 1.54) is 31.2 Å². The van der Waals surface area contributed by atoms with Gasteiger partial charge in [0.1, 0.15) is 5.82 Å². The van der Waals surface area contributed by atoms with E-state index in [-0.39, 0.29) is 5.41 Å². The molecule has 0 spiro atoms. The number of nitrogens with zero attached hydrogens (tertiary/aromatic N) is 1. The zero-order valence-electron chi connectivity index (χ0n) is 11.8. The molecule has 1 aromatic heterocycles. The minimum Gasteiger partial charge on any atom is -0.370 e. The van der Waals surface area contributed by atoms with Gasteiger partial charge < -0.3 is 5.32 Å². The maximum absolute atomic E-state index is 4.54. The summed E-state index contributed by atoms with van der Waals surface area (Å²) in [4.78, 5) is 4.54. The van der Waals surface area contributed by atoms with E-state index in [0.29, 0.717) is 5.41 Å². The minimum absolute atomic E-state index is 0.192. The molecule has 1 heterocycles. The highest BCUT2D eigenvalue weighted by atomic mass is 15.0. The molecule has 0 bridgehead atoms. The molecule has 2 fully saturated rings. The van der Waals surface area contributed by atoms with E-state index in [1.807, 2.05) is 6.20 Å². The summed E-state index contributed by atoms with van der Waals surface area (Å²) in [5.41, 5.74) is 2.14. The summed E-state index contributed by atoms with van der Waals surface area (Å²) >= 11 is 0. The maximum atomic E-state index is 4.54. The Bertz CT molecular complexity index is 419. The van der Waals surface area contributed by atoms with Gasteiger partial charge >= 0.3 is 0 Å². The van der Waals surface area contributed by atoms with Crippen molar-refractivity contribution in [1.29, 1.82) is 0 Å². The van der Waals surface area contributed by atoms with Gasteiger partial charge in [-0.05, 0) is 54.1 Å². The lowest BCUT2D eigenvalue weighted by molar-refractivity contribution is 0.466. The quantitative estimate of drug-likeness (QED) is 0.866. The summed E-state index contributed by atoms with van der Waals surface area (Å²) in [6.45, 7) is 7.80. The van der Waals surface area contributed by atoms with E-state index < -0.39 is 0 Å². The highest BCUT2D eigenvalue weighted by molar-refractivity contribution is 5.38. The summed E-state index contributed by atoms with van der Waals surface area (Å²) in [5.74, 6) is 2.05. The van der Waals surface area contributed by atoms with E-state index in [4.69, 9.17) is 0 Å². The van der Waals surface area contributed by atoms with Gasteiger partial charge in [0.2, 0.25) is 0 Å². The zero-order valence-corrected chi connectivity index (χ0v) is 11.8. The van der Waals surface area contributed by atoms with Crippen molar-refractivity contribution >= 4 is 5.82 Å². The number of hydrogen-bond acceptors (Lipinski definition) is 2. The van der Waals surface area contributed by atoms with Crippen molar-refractivity contribution in [2.24, 2.45) is 11.3 Å². The Balaban J connectivity index is 1.60. The molecule has 1 aromatic rings. The van der Waals surface area contributed by atoms with Gasteiger partial charge in [0, 0.05) is 12.7 Å². The molecule has 98 valence electrons. The number of nitrogens with one attached hydrogen (secondary N) is 1. The standard InChI is InChI=1S/C16H24N2/c1-15(2,3)13-6-7-14(17-10-13)18-11-16(8-9-16)12-4-5-12/h6-7,10,12H,4-5,8-9,11H2,1-3H3,(H,17,18). The highest BCUT2D eigenvalue weighted by Gasteiger charge is 2.53. The molecule has 0 unspecified atom stereocenters. The first-order valence-corrected chi connectivity index (χ1v) is 7.20. The third-order valence-corrected chi connectivity index (χ3v) is 4.59. The van der Waals surface area contributed by atoms with Crippen molar-refractivity contribution < 1.29 is 0 Å². The molecule has 0 aliphatic heterocycles. The van der Waals surface area contributed by atoms with Crippen LogP contribution in [0.15, 0.2) is 18.3 Å². The van der Waals surface area contributed by atoms with E-state index in [2.05, 4.69) is 43.2 Å². The van der Waals surface area contributed by atoms with Crippen LogP contribution in [0.1, 0.15) is 52.0 Å². The van der Waals surface area contributed by atoms with E-state index in [9.17, 15) is 0 Å². The van der Waals surface area contributed by atoms with Crippen LogP contribution in [0.25, 0.3) is 0 Å². The molecule has 2 aliphatic rings. The lowest BCUT2D eigenvalue weighted by atomic mass is 9.88. The summed E-state index contributed by atoms with van der Waals surface area (Å²) < 4.78 is 0. The highest BCUT2D eigenvalue weighted by Crippen LogP contribution is 2.61. The van der Waals surface area contributed by atoms with Gasteiger partial charge in [0.25, 0.3) is 0 Å². The number of aromatic nitrogens is 1. The molecule has 0 amide bonds. The Morgan fingerprint density at radius 1 is 1.28 bits per heavy atom. The van der Waals surface area contributed by atoms with Gasteiger partial charge in [0.05, 0.1) is 0 Å². The third-order valence-electron chi connectivity index (χ3n) is 4.59. The van der Waals surface area contributed by atoms with Crippen molar-refractivity contribution in [3.8, 4) is 0 Å². The zero-order chi connectivity index (χ0) is 12.8. The summed E-state index contributed by atoms with van der Waals surface area (Å²) in [7, 11) is 0. The van der Waals surface area contributed by atoms with Gasteiger partial charge in [-0.1, -0.05) is 26.8 Å². The molecule has 0 atom stereocenters. The Morgan fingerprint density at radius 3 is 2.44 bits per heavy atom. The van der Waals surface area contributed by atoms with Gasteiger partial charge in [-0.25, -0.2) is 4.98 Å². The van der Waals surface area contributed by atoms with Crippen LogP contribution < -0.4 is 5.32 Å². The summed E-state index contributed by atoms with van der Waals surface area (Å²) in [5, 5.41) is 3.54. The molecule has 2 aliphatic carbocycles. The molecule has 2 saturated carbocycles. The second-order valence-corrected chi connectivity index (χ2v) is 7.17. The maximum Gasteiger partial charge on any atom is 0.125 e. The van der Waals surface area contributed by atoms with Crippen LogP contribution in [-0.2, 0) is 5.41 Å². The Kier molecular flexibility index (Phi) is 2.65. The number of anilines is 1. The van der Waals surface area contributed by atoms with E-state index in [1.54, 1.807) is 0 Å². The Labute approximate surface area is 110 Å². The third kappa shape index (κ3) is 2.38. The van der Waals surface area contributed by atoms with Crippen molar-refractivity contribution in [3.63, 3.8) is 0 Å². The van der Waals surface area contributed by atoms with Crippen LogP contribution in [0.5, 0.6) is 0 Å². The molecular weight excluding hydrogens is 220 g/mol. The smallest absolute Gasteiger partial charge is 0.125 e. The van der Waals surface area contributed by atoms with E-state index in [0.717, 1.165) is 18.3 Å². The normalized spacial score (nSPS) is 21.7. The largest absolute Gasteiger partial charge is 0.370 e. The van der Waals surface area contributed by atoms with Crippen molar-refractivity contribution in [1.82, 2.24) is 4.98 Å². The first-order chi connectivity index (χ1) is 8.50. The minimum atomic E-state index is 0.192. The molecule has 0 aromatic carbocycles. The topological polar surface area (TPSA) is 24.9 Å². The van der Waals surface area contributed by atoms with Crippen LogP contribution in [-0.4, -0.2) is 11.5 Å². The fourth-order valence-corrected chi connectivity index (χ4v) is 2.79. The van der Waals surface area contributed by atoms with Crippen molar-refractivity contribution in [2.45, 2.75) is 51.9 Å². The predicted molar refractivity (Wildman–Crippen MR) is 75.8 cm³/mol. The lowest BCUT2D eigenvalue weighted by Crippen LogP contribution is -2.18. The lowest BCUT2D eigenvalue weighted by Gasteiger charge is -2.19. The second kappa shape index (κ2) is 3.97. The second-order valence-electron chi connectivity index (χ2n) is 7.17. The van der Waals surface area contributed by atoms with Crippen LogP contribution in [0.3, 0.4) is 0 Å². The van der Waals surface area contributed by atoms with E-state index >= 15 is 0 Å². The first-order valence-electron chi connectivity index (χ1n) is 7.20. The molecule has 2 heteroatoms. The number of hydrogen-bond donors (Lipinski definition) is 1. The summed E-state index contributed by atoms with van der Waals surface area (Å²) in [6, 6.07) is 4.33. The summed E-state index contributed by atoms with van der Waals surface area (Å²) in [6.07, 6.45) is 7.77. The molecule has 1 N–H and O–H groups in total. The van der Waals surface area contributed by atoms with Gasteiger partial charge in [-0.15, -0.1) is 0 Å². The molecule has 18 heavy (non-hydrogen) atoms. The van der Waals surface area contributed by atoms with Gasteiger partial charge in [-0.3, -0.25) is 0 Å². The monoisotopic (exact) mass is 244 g/mol. The molecule has 0 saturated heterocycles. The van der Waals surface area contributed by atoms with Gasteiger partial charge in [-0.2, -0.15) is 0 Å². The van der Waals surface area contributed by atoms with Crippen LogP contribution in [0.4, 0.5) is 5.82 Å². The van der Waals surface area contributed by atoms with Crippen LogP contribution in [0, 0.1) is 11.3 Å². The molecule has 2 nitrogen and oxygen atoms in total. The number of pyridine rings is 1. The SMILES string of the molecule is CC(C)(C)c1ccc(NCC2(C3CC3)CC2)nc1. The van der Waals surface area contributed by atoms with Crippen molar-refractivity contribution in [3.05, 3.63) is 23.9 Å². The first kappa shape index (κ1) is 12.0. The Hall–Kier alpha value is -1.05. The predicted octanol–water partition coefficient (Wildman–Crippen LogP) is 3.98. The fourth-order valence-electron chi connectivity index (χ4n) is 2.79. The molecule has 3 rings (SSSR count). The number of rotatable bonds is 4.